The summed E-state index contributed by atoms with van der Waals surface area (Å²) in [6.45, 7) is 0. The fraction of sp³-hybridized carbons (Fsp3) is 0.200. The first-order valence-corrected chi connectivity index (χ1v) is 12.4. The second-order valence-corrected chi connectivity index (χ2v) is 9.69. The minimum absolute atomic E-state index is 0.324. The van der Waals surface area contributed by atoms with Crippen molar-refractivity contribution < 1.29 is 67.6 Å². The van der Waals surface area contributed by atoms with Crippen LogP contribution in [0.2, 0.25) is 0 Å². The molecule has 0 fully saturated rings. The Balaban J connectivity index is 1.52. The van der Waals surface area contributed by atoms with Crippen molar-refractivity contribution in [2.75, 3.05) is 0 Å². The lowest BCUT2D eigenvalue weighted by molar-refractivity contribution is -0.321. The van der Waals surface area contributed by atoms with E-state index in [0.717, 1.165) is 0 Å². The van der Waals surface area contributed by atoms with Crippen LogP contribution >= 0.6 is 0 Å². The monoisotopic (exact) mass is 654 g/mol. The Labute approximate surface area is 245 Å². The van der Waals surface area contributed by atoms with E-state index >= 15 is 0 Å². The molecule has 45 heavy (non-hydrogen) atoms. The Morgan fingerprint density at radius 3 is 0.756 bits per heavy atom. The minimum atomic E-state index is -5.97. The van der Waals surface area contributed by atoms with Gasteiger partial charge in [0, 0.05) is 22.3 Å². The van der Waals surface area contributed by atoms with Crippen LogP contribution in [0, 0.1) is 0 Å². The Bertz CT molecular complexity index is 1500. The number of halogens is 12. The molecule has 0 aliphatic carbocycles. The van der Waals surface area contributed by atoms with Gasteiger partial charge in [0.25, 0.3) is 0 Å². The number of hydrogen-bond donors (Lipinski definition) is 2. The molecule has 4 aromatic rings. The lowest BCUT2D eigenvalue weighted by Gasteiger charge is -2.33. The molecule has 0 aliphatic heterocycles. The van der Waals surface area contributed by atoms with Crippen LogP contribution in [-0.2, 0) is 23.7 Å². The molecule has 240 valence electrons. The average molecular weight is 654 g/mol. The van der Waals surface area contributed by atoms with E-state index in [-0.39, 0.29) is 0 Å². The van der Waals surface area contributed by atoms with E-state index in [9.17, 15) is 52.7 Å². The second kappa shape index (κ2) is 11.1. The summed E-state index contributed by atoms with van der Waals surface area (Å²) in [5.41, 5.74) is -6.13. The highest BCUT2D eigenvalue weighted by atomic mass is 19.4. The Morgan fingerprint density at radius 1 is 0.333 bits per heavy atom. The van der Waals surface area contributed by atoms with E-state index in [4.69, 9.17) is 14.9 Å². The van der Waals surface area contributed by atoms with Crippen LogP contribution in [0.3, 0.4) is 0 Å². The maximum Gasteiger partial charge on any atom is 0.380 e. The molecule has 0 saturated carbocycles. The molecule has 0 amide bonds. The molecule has 0 unspecified atom stereocenters. The molecule has 0 saturated heterocycles. The number of hydrogen-bond acceptors (Lipinski definition) is 3. The fourth-order valence-electron chi connectivity index (χ4n) is 4.06. The molecule has 0 aromatic heterocycles. The van der Waals surface area contributed by atoms with Gasteiger partial charge >= 0.3 is 35.5 Å². The molecule has 15 heteroatoms. The van der Waals surface area contributed by atoms with Crippen LogP contribution in [0.5, 0.6) is 23.0 Å². The Kier molecular flexibility index (Phi) is 8.23. The third kappa shape index (κ3) is 5.59. The normalized spacial score (nSPS) is 13.5. The first kappa shape index (κ1) is 33.3. The summed E-state index contributed by atoms with van der Waals surface area (Å²) in [6, 6.07) is 7.70. The molecule has 2 N–H and O–H groups in total. The molecule has 0 radical (unpaired) electrons. The zero-order chi connectivity index (χ0) is 33.6. The molecule has 0 aliphatic rings. The van der Waals surface area contributed by atoms with Crippen molar-refractivity contribution in [3.63, 3.8) is 0 Å². The van der Waals surface area contributed by atoms with Crippen LogP contribution in [0.15, 0.2) is 97.1 Å². The summed E-state index contributed by atoms with van der Waals surface area (Å²) >= 11 is 0. The van der Waals surface area contributed by atoms with Gasteiger partial charge in [-0.15, -0.1) is 0 Å². The van der Waals surface area contributed by atoms with Crippen LogP contribution < -0.4 is 4.74 Å². The number of ether oxygens (including phenoxy) is 1. The van der Waals surface area contributed by atoms with E-state index in [1.54, 1.807) is 0 Å². The molecule has 0 spiro atoms. The molecule has 4 rings (SSSR count). The molecular weight excluding hydrogens is 636 g/mol. The number of rotatable bonds is 10. The highest BCUT2D eigenvalue weighted by molar-refractivity contribution is 5.39. The van der Waals surface area contributed by atoms with Gasteiger partial charge in [0.1, 0.15) is 23.0 Å². The Hall–Kier alpha value is -4.56. The fourth-order valence-corrected chi connectivity index (χ4v) is 4.06. The summed E-state index contributed by atoms with van der Waals surface area (Å²) in [5.74, 6) is -35.6. The SMILES string of the molecule is Oc1ccc(C(F)(F)C(F)(F)C(F)(F)c2ccc(Oc3ccc(C(F)(F)C(F)(F)C(F)(F)c4ccc(O)cc4)cc3)cc2)cc1. The number of alkyl halides is 12. The van der Waals surface area contributed by atoms with Crippen LogP contribution in [0.1, 0.15) is 22.3 Å². The van der Waals surface area contributed by atoms with Crippen molar-refractivity contribution in [3.05, 3.63) is 119 Å². The number of aromatic hydroxyl groups is 2. The van der Waals surface area contributed by atoms with Crippen molar-refractivity contribution in [1.82, 2.24) is 0 Å². The van der Waals surface area contributed by atoms with E-state index in [1.807, 2.05) is 0 Å². The van der Waals surface area contributed by atoms with E-state index in [2.05, 4.69) is 0 Å². The second-order valence-electron chi connectivity index (χ2n) is 9.69. The van der Waals surface area contributed by atoms with E-state index < -0.39 is 80.8 Å². The topological polar surface area (TPSA) is 49.7 Å². The van der Waals surface area contributed by atoms with Crippen molar-refractivity contribution in [3.8, 4) is 23.0 Å². The Morgan fingerprint density at radius 2 is 0.533 bits per heavy atom. The van der Waals surface area contributed by atoms with Gasteiger partial charge in [-0.2, -0.15) is 52.7 Å². The lowest BCUT2D eigenvalue weighted by atomic mass is 9.92. The van der Waals surface area contributed by atoms with Gasteiger partial charge in [-0.05, 0) is 97.1 Å². The summed E-state index contributed by atoms with van der Waals surface area (Å²) in [6.07, 6.45) is 0. The van der Waals surface area contributed by atoms with E-state index in [0.29, 0.717) is 97.1 Å². The predicted molar refractivity (Wildman–Crippen MR) is 135 cm³/mol. The third-order valence-corrected chi connectivity index (χ3v) is 6.71. The molecule has 3 nitrogen and oxygen atoms in total. The van der Waals surface area contributed by atoms with Crippen molar-refractivity contribution >= 4 is 0 Å². The third-order valence-electron chi connectivity index (χ3n) is 6.71. The van der Waals surface area contributed by atoms with Crippen molar-refractivity contribution in [1.29, 1.82) is 0 Å². The number of phenols is 2. The quantitative estimate of drug-likeness (QED) is 0.168. The summed E-state index contributed by atoms with van der Waals surface area (Å²) < 4.78 is 180. The molecular formula is C30H18F12O3. The standard InChI is InChI=1S/C30H18F12O3/c31-25(32,17-1-9-21(43)10-2-17)29(39,40)27(35,36)19-5-13-23(14-6-19)45-24-15-7-20(8-16-24)28(37,38)30(41,42)26(33,34)18-3-11-22(44)12-4-18/h1-16,43-44H. The highest BCUT2D eigenvalue weighted by Gasteiger charge is 2.73. The van der Waals surface area contributed by atoms with Gasteiger partial charge in [0.15, 0.2) is 0 Å². The predicted octanol–water partition coefficient (Wildman–Crippen LogP) is 9.93. The maximum absolute atomic E-state index is 14.7. The molecule has 4 aromatic carbocycles. The molecule has 0 heterocycles. The summed E-state index contributed by atoms with van der Waals surface area (Å²) in [7, 11) is 0. The van der Waals surface area contributed by atoms with Crippen LogP contribution in [0.4, 0.5) is 52.7 Å². The maximum atomic E-state index is 14.7. The van der Waals surface area contributed by atoms with Gasteiger partial charge in [-0.1, -0.05) is 0 Å². The van der Waals surface area contributed by atoms with Crippen LogP contribution in [0.25, 0.3) is 0 Å². The van der Waals surface area contributed by atoms with Gasteiger partial charge in [0.2, 0.25) is 0 Å². The highest BCUT2D eigenvalue weighted by Crippen LogP contribution is 2.57. The number of benzene rings is 4. The molecule has 0 atom stereocenters. The smallest absolute Gasteiger partial charge is 0.380 e. The van der Waals surface area contributed by atoms with E-state index in [1.165, 1.54) is 0 Å². The first-order valence-electron chi connectivity index (χ1n) is 12.4. The summed E-state index contributed by atoms with van der Waals surface area (Å²) in [4.78, 5) is 0. The van der Waals surface area contributed by atoms with Gasteiger partial charge in [-0.25, -0.2) is 0 Å². The van der Waals surface area contributed by atoms with Gasteiger partial charge < -0.3 is 14.9 Å². The zero-order valence-electron chi connectivity index (χ0n) is 22.1. The number of phenolic OH excluding ortho intramolecular Hbond substituents is 2. The van der Waals surface area contributed by atoms with Crippen molar-refractivity contribution in [2.24, 2.45) is 0 Å². The largest absolute Gasteiger partial charge is 0.508 e. The van der Waals surface area contributed by atoms with Crippen LogP contribution in [-0.4, -0.2) is 22.1 Å². The summed E-state index contributed by atoms with van der Waals surface area (Å²) in [5, 5.41) is 18.3. The average Bonchev–Trinajstić information content (AvgIpc) is 2.98. The van der Waals surface area contributed by atoms with Gasteiger partial charge in [-0.3, -0.25) is 0 Å². The van der Waals surface area contributed by atoms with Crippen molar-refractivity contribution in [2.45, 2.75) is 35.5 Å². The minimum Gasteiger partial charge on any atom is -0.508 e. The first-order chi connectivity index (χ1) is 20.7. The zero-order valence-corrected chi connectivity index (χ0v) is 22.1. The van der Waals surface area contributed by atoms with Gasteiger partial charge in [0.05, 0.1) is 0 Å². The molecule has 0 bridgehead atoms. The lowest BCUT2D eigenvalue weighted by Crippen LogP contribution is -2.50.